The van der Waals surface area contributed by atoms with E-state index in [1.165, 1.54) is 97.1 Å². The van der Waals surface area contributed by atoms with Crippen LogP contribution in [0.15, 0.2) is 161 Å². The van der Waals surface area contributed by atoms with Gasteiger partial charge in [-0.15, -0.1) is 10.2 Å². The van der Waals surface area contributed by atoms with Crippen molar-refractivity contribution in [1.82, 2.24) is 0 Å². The summed E-state index contributed by atoms with van der Waals surface area (Å²) in [6, 6.07) is 25.3. The number of phenolic OH excluding ortho intramolecular Hbond substituents is 2. The fraction of sp³-hybridized carbons (Fsp3) is 0. The zero-order valence-corrected chi connectivity index (χ0v) is 40.1. The average molecular weight is 1000 g/mol. The number of hydrogen-bond donors (Lipinski definition) is 8. The summed E-state index contributed by atoms with van der Waals surface area (Å²) in [4.78, 5) is 10.8. The molecule has 0 spiro atoms. The van der Waals surface area contributed by atoms with E-state index in [2.05, 4.69) is 31.1 Å². The third-order valence-corrected chi connectivity index (χ3v) is 13.3. The van der Waals surface area contributed by atoms with Crippen molar-refractivity contribution in [2.45, 2.75) is 19.6 Å². The molecule has 21 nitrogen and oxygen atoms in total. The van der Waals surface area contributed by atoms with E-state index in [4.69, 9.17) is 0 Å². The van der Waals surface area contributed by atoms with Gasteiger partial charge in [0.25, 0.3) is 40.5 Å². The van der Waals surface area contributed by atoms with Crippen LogP contribution in [0.25, 0.3) is 43.1 Å². The number of nitrogens with zero attached hydrogens (tertiary/aromatic N) is 4. The Morgan fingerprint density at radius 2 is 0.729 bits per heavy atom. The largest absolute Gasteiger partial charge is 0.505 e. The number of azo groups is 2. The molecule has 8 rings (SSSR count). The molecule has 8 aromatic rings. The minimum atomic E-state index is -5.04. The summed E-state index contributed by atoms with van der Waals surface area (Å²) in [5.74, 6) is -1.39. The molecular weight excluding hydrogens is 973 g/mol. The molecular formula is C41H28Li4N6O15S4. The summed E-state index contributed by atoms with van der Waals surface area (Å²) < 4.78 is 135. The van der Waals surface area contributed by atoms with Crippen LogP contribution in [0.3, 0.4) is 0 Å². The molecule has 8 N–H and O–H groups in total. The van der Waals surface area contributed by atoms with E-state index in [-0.39, 0.29) is 130 Å². The molecule has 0 aromatic heterocycles. The maximum absolute atomic E-state index is 13.1. The van der Waals surface area contributed by atoms with Crippen LogP contribution in [0.5, 0.6) is 11.5 Å². The third-order valence-electron chi connectivity index (χ3n) is 9.89. The van der Waals surface area contributed by atoms with Crippen LogP contribution in [0.1, 0.15) is 0 Å². The fourth-order valence-electron chi connectivity index (χ4n) is 6.82. The van der Waals surface area contributed by atoms with Gasteiger partial charge in [-0.3, -0.25) is 18.2 Å². The number of nitrogens with one attached hydrogen (secondary N) is 2. The Morgan fingerprint density at radius 1 is 0.386 bits per heavy atom. The summed E-state index contributed by atoms with van der Waals surface area (Å²) in [6.07, 6.45) is 0. The zero-order chi connectivity index (χ0) is 47.5. The molecule has 0 unspecified atom stereocenters. The van der Waals surface area contributed by atoms with Crippen LogP contribution in [0.2, 0.25) is 0 Å². The number of anilines is 2. The first kappa shape index (κ1) is 57.5. The van der Waals surface area contributed by atoms with Gasteiger partial charge in [0.15, 0.2) is 11.5 Å². The van der Waals surface area contributed by atoms with Gasteiger partial charge in [-0.1, -0.05) is 24.3 Å². The molecule has 4 radical (unpaired) electrons. The molecule has 70 heavy (non-hydrogen) atoms. The van der Waals surface area contributed by atoms with E-state index >= 15 is 0 Å². The molecule has 0 saturated heterocycles. The maximum Gasteiger partial charge on any atom is 0.323 e. The van der Waals surface area contributed by atoms with Crippen molar-refractivity contribution in [2.24, 2.45) is 20.5 Å². The van der Waals surface area contributed by atoms with E-state index in [9.17, 15) is 66.9 Å². The minimum Gasteiger partial charge on any atom is -0.505 e. The topological polar surface area (TPSA) is 349 Å². The van der Waals surface area contributed by atoms with E-state index in [0.717, 1.165) is 24.3 Å². The minimum absolute atomic E-state index is 0. The van der Waals surface area contributed by atoms with Crippen LogP contribution in [0.4, 0.5) is 38.9 Å². The molecule has 0 saturated carbocycles. The van der Waals surface area contributed by atoms with Crippen molar-refractivity contribution in [3.8, 4) is 11.5 Å². The molecule has 29 heteroatoms. The first-order chi connectivity index (χ1) is 30.9. The van der Waals surface area contributed by atoms with Crippen molar-refractivity contribution in [3.63, 3.8) is 0 Å². The van der Waals surface area contributed by atoms with Crippen molar-refractivity contribution in [3.05, 3.63) is 121 Å². The number of phenols is 2. The molecule has 0 aliphatic heterocycles. The van der Waals surface area contributed by atoms with E-state index in [1.54, 1.807) is 0 Å². The Kier molecular flexibility index (Phi) is 17.8. The van der Waals surface area contributed by atoms with Gasteiger partial charge in [0.05, 0.1) is 21.2 Å². The number of aromatic hydroxyl groups is 2. The number of benzene rings is 8. The standard InChI is InChI=1S/C41H28N6O15S4.4Li/c48-39-33-11-7-27(15-25(33)19-35(65(57,58)59)37(39)46-44-29-5-1-23-17-31(63(51,52)53)9-3-21(23)13-29)42-41(50)43-28-8-12-34-26(16-28)20-36(66(60,61)62)38(40(34)49)47-45-30-6-2-24-18-32(64(54,55)56)10-4-22(24)14-30;;;;/h1-20,48-49H,(H2,42,43,50)(H,51,52,53)(H,54,55,56)(H,57,58,59)(H,60,61,62);;;;. The Morgan fingerprint density at radius 3 is 1.07 bits per heavy atom. The predicted octanol–water partition coefficient (Wildman–Crippen LogP) is 7.65. The maximum atomic E-state index is 13.1. The van der Waals surface area contributed by atoms with Gasteiger partial charge < -0.3 is 20.8 Å². The van der Waals surface area contributed by atoms with Crippen molar-refractivity contribution < 1.29 is 66.9 Å². The molecule has 2 amide bonds. The summed E-state index contributed by atoms with van der Waals surface area (Å²) in [5, 5.41) is 45.0. The Labute approximate surface area is 445 Å². The first-order valence-corrected chi connectivity index (χ1v) is 24.2. The van der Waals surface area contributed by atoms with Crippen LogP contribution in [-0.2, 0) is 40.5 Å². The summed E-state index contributed by atoms with van der Waals surface area (Å²) in [7, 11) is -19.0. The Balaban J connectivity index is 0.00000266. The van der Waals surface area contributed by atoms with E-state index < -0.39 is 79.2 Å². The second-order valence-corrected chi connectivity index (χ2v) is 19.9. The molecule has 340 valence electrons. The summed E-state index contributed by atoms with van der Waals surface area (Å²) in [6.45, 7) is 0. The van der Waals surface area contributed by atoms with Crippen LogP contribution in [0, 0.1) is 0 Å². The number of amides is 2. The van der Waals surface area contributed by atoms with Crippen LogP contribution >= 0.6 is 0 Å². The molecule has 0 heterocycles. The van der Waals surface area contributed by atoms with Crippen molar-refractivity contribution in [1.29, 1.82) is 0 Å². The molecule has 0 atom stereocenters. The number of carbonyl (C=O) groups excluding carboxylic acids is 1. The molecule has 8 aromatic carbocycles. The Hall–Kier alpha value is -5.10. The average Bonchev–Trinajstić information content (AvgIpc) is 3.23. The molecule has 0 bridgehead atoms. The quantitative estimate of drug-likeness (QED) is 0.0370. The number of fused-ring (bicyclic) bond motifs is 4. The third kappa shape index (κ3) is 12.5. The number of carbonyl (C=O) groups is 1. The van der Waals surface area contributed by atoms with Crippen LogP contribution < -0.4 is 10.6 Å². The zero-order valence-electron chi connectivity index (χ0n) is 36.8. The van der Waals surface area contributed by atoms with Gasteiger partial charge in [0.2, 0.25) is 0 Å². The number of hydrogen-bond acceptors (Lipinski definition) is 15. The molecule has 0 aliphatic rings. The second kappa shape index (κ2) is 21.7. The smallest absolute Gasteiger partial charge is 0.323 e. The normalized spacial score (nSPS) is 12.1. The predicted molar refractivity (Wildman–Crippen MR) is 262 cm³/mol. The summed E-state index contributed by atoms with van der Waals surface area (Å²) in [5.41, 5.74) is -0.812. The monoisotopic (exact) mass is 1000 g/mol. The Bertz CT molecular complexity index is 3710. The van der Waals surface area contributed by atoms with Crippen molar-refractivity contribution in [2.75, 3.05) is 10.6 Å². The fourth-order valence-corrected chi connectivity index (χ4v) is 9.17. The van der Waals surface area contributed by atoms with Gasteiger partial charge in [0, 0.05) is 97.6 Å². The van der Waals surface area contributed by atoms with Crippen molar-refractivity contribution >= 4 is 199 Å². The molecule has 0 aliphatic carbocycles. The number of urea groups is 1. The van der Waals surface area contributed by atoms with Gasteiger partial charge in [-0.25, -0.2) is 4.79 Å². The van der Waals surface area contributed by atoms with Crippen LogP contribution in [-0.4, -0.2) is 144 Å². The van der Waals surface area contributed by atoms with Gasteiger partial charge >= 0.3 is 6.03 Å². The summed E-state index contributed by atoms with van der Waals surface area (Å²) >= 11 is 0. The van der Waals surface area contributed by atoms with E-state index in [0.29, 0.717) is 21.5 Å². The second-order valence-electron chi connectivity index (χ2n) is 14.3. The van der Waals surface area contributed by atoms with Gasteiger partial charge in [0.1, 0.15) is 21.2 Å². The van der Waals surface area contributed by atoms with Gasteiger partial charge in [-0.05, 0) is 129 Å². The van der Waals surface area contributed by atoms with Gasteiger partial charge in [-0.2, -0.15) is 43.9 Å². The SMILES string of the molecule is O=C(Nc1ccc2c(O)c(N=Nc3ccc4cc(S(=O)(=O)O)ccc4c3)c(S(=O)(=O)O)cc2c1)Nc1ccc2c(O)c(N=Nc3ccc4cc(S(=O)(=O)O)ccc4c3)c(S(=O)(=O)O)cc2c1.[Li].[Li].[Li].[Li]. The molecule has 0 fully saturated rings. The first-order valence-electron chi connectivity index (χ1n) is 18.4. The number of rotatable bonds is 10. The van der Waals surface area contributed by atoms with E-state index in [1.807, 2.05) is 0 Å².